The zero-order valence-corrected chi connectivity index (χ0v) is 26.9. The molecule has 0 saturated carbocycles. The first kappa shape index (κ1) is 37.9. The molecule has 0 aliphatic carbocycles. The van der Waals surface area contributed by atoms with Crippen LogP contribution in [0.2, 0.25) is 0 Å². The first-order chi connectivity index (χ1) is 22.3. The van der Waals surface area contributed by atoms with Gasteiger partial charge in [-0.05, 0) is 61.6 Å². The molecule has 12 nitrogen and oxygen atoms in total. The lowest BCUT2D eigenvalue weighted by Crippen LogP contribution is -2.47. The van der Waals surface area contributed by atoms with Crippen LogP contribution in [0.25, 0.3) is 0 Å². The number of methoxy groups -OCH3 is 2. The predicted molar refractivity (Wildman–Crippen MR) is 172 cm³/mol. The smallest absolute Gasteiger partial charge is 0.334 e. The SMILES string of the molecule is COCCC(=O)N[C@@H](CCCCNC(=O)COC)C(=O)NCCC(=O)ONC(=O)Cc1ccc(CCCCc2ccccc2)cc1. The number of hydrogen-bond donors (Lipinski definition) is 4. The number of hydroxylamine groups is 1. The fourth-order valence-electron chi connectivity index (χ4n) is 4.54. The van der Waals surface area contributed by atoms with Gasteiger partial charge in [0.2, 0.25) is 17.7 Å². The van der Waals surface area contributed by atoms with Crippen molar-refractivity contribution in [3.8, 4) is 0 Å². The Balaban J connectivity index is 1.66. The maximum absolute atomic E-state index is 12.8. The zero-order chi connectivity index (χ0) is 33.4. The summed E-state index contributed by atoms with van der Waals surface area (Å²) in [4.78, 5) is 65.7. The van der Waals surface area contributed by atoms with Crippen molar-refractivity contribution in [3.63, 3.8) is 0 Å². The standard InChI is InChI=1S/C34H48N4O8/c1-44-23-20-30(39)37-29(14-8-9-21-35-32(41)25-45-2)34(43)36-22-19-33(42)46-38-31(40)24-28-17-15-27(16-18-28)13-7-6-12-26-10-4-3-5-11-26/h3-5,10-11,15-18,29H,6-9,12-14,19-25H2,1-2H3,(H,35,41)(H,36,43)(H,37,39)(H,38,40)/t29-/m0/s1. The summed E-state index contributed by atoms with van der Waals surface area (Å²) in [5.74, 6) is -2.21. The number of nitrogens with one attached hydrogen (secondary N) is 4. The lowest BCUT2D eigenvalue weighted by Gasteiger charge is -2.18. The molecule has 46 heavy (non-hydrogen) atoms. The quantitative estimate of drug-likeness (QED) is 0.113. The summed E-state index contributed by atoms with van der Waals surface area (Å²) in [7, 11) is 2.91. The largest absolute Gasteiger partial charge is 0.384 e. The molecule has 0 spiro atoms. The monoisotopic (exact) mass is 640 g/mol. The number of aryl methyl sites for hydroxylation is 2. The van der Waals surface area contributed by atoms with E-state index >= 15 is 0 Å². The highest BCUT2D eigenvalue weighted by atomic mass is 16.7. The Morgan fingerprint density at radius 1 is 0.674 bits per heavy atom. The van der Waals surface area contributed by atoms with Gasteiger partial charge < -0.3 is 30.3 Å². The second-order valence-corrected chi connectivity index (χ2v) is 10.9. The summed E-state index contributed by atoms with van der Waals surface area (Å²) in [5.41, 5.74) is 5.50. The van der Waals surface area contributed by atoms with Gasteiger partial charge >= 0.3 is 5.97 Å². The highest BCUT2D eigenvalue weighted by molar-refractivity contribution is 5.88. The van der Waals surface area contributed by atoms with Crippen LogP contribution >= 0.6 is 0 Å². The summed E-state index contributed by atoms with van der Waals surface area (Å²) in [6.07, 6.45) is 5.65. The number of benzene rings is 2. The lowest BCUT2D eigenvalue weighted by molar-refractivity contribution is -0.158. The van der Waals surface area contributed by atoms with Gasteiger partial charge in [0.25, 0.3) is 5.91 Å². The topological polar surface area (TPSA) is 161 Å². The van der Waals surface area contributed by atoms with Crippen LogP contribution in [0, 0.1) is 0 Å². The van der Waals surface area contributed by atoms with E-state index in [0.29, 0.717) is 25.8 Å². The number of rotatable bonds is 22. The molecule has 0 bridgehead atoms. The average Bonchev–Trinajstić information content (AvgIpc) is 3.05. The summed E-state index contributed by atoms with van der Waals surface area (Å²) >= 11 is 0. The van der Waals surface area contributed by atoms with Crippen LogP contribution in [0.1, 0.15) is 61.6 Å². The Morgan fingerprint density at radius 3 is 2.02 bits per heavy atom. The van der Waals surface area contributed by atoms with Gasteiger partial charge in [0.15, 0.2) is 0 Å². The summed E-state index contributed by atoms with van der Waals surface area (Å²) in [5, 5.41) is 8.01. The normalized spacial score (nSPS) is 11.3. The highest BCUT2D eigenvalue weighted by Gasteiger charge is 2.20. The average molecular weight is 641 g/mol. The number of carbonyl (C=O) groups excluding carboxylic acids is 5. The van der Waals surface area contributed by atoms with Crippen molar-refractivity contribution in [1.82, 2.24) is 21.4 Å². The van der Waals surface area contributed by atoms with Crippen molar-refractivity contribution >= 4 is 29.6 Å². The fourth-order valence-corrected chi connectivity index (χ4v) is 4.54. The Kier molecular flexibility index (Phi) is 19.0. The van der Waals surface area contributed by atoms with Crippen molar-refractivity contribution in [2.24, 2.45) is 0 Å². The van der Waals surface area contributed by atoms with Crippen LogP contribution in [0.3, 0.4) is 0 Å². The minimum atomic E-state index is -0.824. The van der Waals surface area contributed by atoms with E-state index in [1.54, 1.807) is 0 Å². The highest BCUT2D eigenvalue weighted by Crippen LogP contribution is 2.11. The van der Waals surface area contributed by atoms with Gasteiger partial charge in [-0.1, -0.05) is 54.6 Å². The van der Waals surface area contributed by atoms with Crippen molar-refractivity contribution < 1.29 is 38.3 Å². The van der Waals surface area contributed by atoms with Gasteiger partial charge in [-0.25, -0.2) is 4.79 Å². The second kappa shape index (κ2) is 23.1. The van der Waals surface area contributed by atoms with E-state index in [1.165, 1.54) is 25.3 Å². The van der Waals surface area contributed by atoms with E-state index in [9.17, 15) is 24.0 Å². The van der Waals surface area contributed by atoms with Gasteiger partial charge in [-0.15, -0.1) is 0 Å². The van der Waals surface area contributed by atoms with Crippen molar-refractivity contribution in [1.29, 1.82) is 0 Å². The molecule has 12 heteroatoms. The third-order valence-corrected chi connectivity index (χ3v) is 7.02. The number of amides is 4. The van der Waals surface area contributed by atoms with Crippen LogP contribution in [0.5, 0.6) is 0 Å². The molecule has 0 aliphatic rings. The molecular formula is C34H48N4O8. The molecular weight excluding hydrogens is 592 g/mol. The molecule has 2 aromatic carbocycles. The van der Waals surface area contributed by atoms with E-state index in [1.807, 2.05) is 30.3 Å². The van der Waals surface area contributed by atoms with E-state index in [4.69, 9.17) is 14.3 Å². The number of hydrogen-bond acceptors (Lipinski definition) is 8. The van der Waals surface area contributed by atoms with Gasteiger partial charge in [0.1, 0.15) is 12.6 Å². The van der Waals surface area contributed by atoms with Crippen LogP contribution in [-0.2, 0) is 57.5 Å². The van der Waals surface area contributed by atoms with Gasteiger partial charge in [-0.3, -0.25) is 19.2 Å². The molecule has 252 valence electrons. The molecule has 0 saturated heterocycles. The minimum Gasteiger partial charge on any atom is -0.384 e. The molecule has 2 rings (SSSR count). The lowest BCUT2D eigenvalue weighted by atomic mass is 10.0. The van der Waals surface area contributed by atoms with Crippen molar-refractivity contribution in [3.05, 3.63) is 71.3 Å². The van der Waals surface area contributed by atoms with E-state index in [-0.39, 0.29) is 50.8 Å². The first-order valence-electron chi connectivity index (χ1n) is 15.7. The molecule has 4 N–H and O–H groups in total. The molecule has 1 atom stereocenters. The second-order valence-electron chi connectivity index (χ2n) is 10.9. The van der Waals surface area contributed by atoms with Crippen LogP contribution in [0.15, 0.2) is 54.6 Å². The first-order valence-corrected chi connectivity index (χ1v) is 15.7. The number of ether oxygens (including phenoxy) is 2. The Bertz CT molecular complexity index is 1210. The van der Waals surface area contributed by atoms with E-state index < -0.39 is 23.8 Å². The van der Waals surface area contributed by atoms with Crippen LogP contribution < -0.4 is 21.4 Å². The third kappa shape index (κ3) is 17.3. The van der Waals surface area contributed by atoms with Crippen LogP contribution in [0.4, 0.5) is 0 Å². The van der Waals surface area contributed by atoms with Gasteiger partial charge in [0.05, 0.1) is 19.4 Å². The molecule has 0 heterocycles. The minimum absolute atomic E-state index is 0.0308. The number of carbonyl (C=O) groups is 5. The van der Waals surface area contributed by atoms with Crippen LogP contribution in [-0.4, -0.2) is 76.2 Å². The fraction of sp³-hybridized carbons (Fsp3) is 0.500. The molecule has 4 amide bonds. The summed E-state index contributed by atoms with van der Waals surface area (Å²) < 4.78 is 9.67. The summed E-state index contributed by atoms with van der Waals surface area (Å²) in [6.45, 7) is 0.547. The third-order valence-electron chi connectivity index (χ3n) is 7.02. The van der Waals surface area contributed by atoms with Crippen molar-refractivity contribution in [2.45, 2.75) is 70.3 Å². The molecule has 2 aromatic rings. The predicted octanol–water partition coefficient (Wildman–Crippen LogP) is 2.33. The number of unbranched alkanes of at least 4 members (excludes halogenated alkanes) is 2. The molecule has 0 aromatic heterocycles. The molecule has 0 fully saturated rings. The van der Waals surface area contributed by atoms with E-state index in [0.717, 1.165) is 31.2 Å². The van der Waals surface area contributed by atoms with E-state index in [2.05, 4.69) is 45.7 Å². The Labute approximate surface area is 271 Å². The summed E-state index contributed by atoms with van der Waals surface area (Å²) in [6, 6.07) is 17.4. The maximum atomic E-state index is 12.8. The van der Waals surface area contributed by atoms with Gasteiger partial charge in [-0.2, -0.15) is 5.48 Å². The molecule has 0 aliphatic heterocycles. The van der Waals surface area contributed by atoms with Gasteiger partial charge in [0, 0.05) is 33.7 Å². The zero-order valence-electron chi connectivity index (χ0n) is 26.9. The Hall–Kier alpha value is -4.29. The molecule has 0 unspecified atom stereocenters. The Morgan fingerprint density at radius 2 is 1.35 bits per heavy atom. The van der Waals surface area contributed by atoms with Crippen molar-refractivity contribution in [2.75, 3.05) is 40.5 Å². The molecule has 0 radical (unpaired) electrons. The maximum Gasteiger partial charge on any atom is 0.334 e.